The van der Waals surface area contributed by atoms with Crippen LogP contribution in [-0.4, -0.2) is 53.1 Å². The topological polar surface area (TPSA) is 58.3 Å². The molecule has 0 unspecified atom stereocenters. The summed E-state index contributed by atoms with van der Waals surface area (Å²) in [5, 5.41) is 0. The minimum Gasteiger partial charge on any atom is -0.356 e. The number of nitrogens with two attached hydrogens (primary N) is 1. The number of hydrogen-bond acceptors (Lipinski definition) is 5. The van der Waals surface area contributed by atoms with Gasteiger partial charge in [-0.1, -0.05) is 12.8 Å². The normalized spacial score (nSPS) is 27.7. The first-order valence-corrected chi connectivity index (χ1v) is 9.86. The molecule has 0 radical (unpaired) electrons. The third-order valence-corrected chi connectivity index (χ3v) is 6.21. The molecule has 0 atom stereocenters. The van der Waals surface area contributed by atoms with Gasteiger partial charge in [-0.15, -0.1) is 24.8 Å². The molecule has 1 saturated carbocycles. The highest BCUT2D eigenvalue weighted by Gasteiger charge is 2.30. The van der Waals surface area contributed by atoms with Crippen LogP contribution in [0.3, 0.4) is 0 Å². The average molecular weight is 402 g/mol. The summed E-state index contributed by atoms with van der Waals surface area (Å²) < 4.78 is 0. The summed E-state index contributed by atoms with van der Waals surface area (Å²) in [6, 6.07) is 3.37. The van der Waals surface area contributed by atoms with E-state index in [2.05, 4.69) is 25.8 Å². The largest absolute Gasteiger partial charge is 0.356 e. The minimum absolute atomic E-state index is 0. The molecule has 4 rings (SSSR count). The summed E-state index contributed by atoms with van der Waals surface area (Å²) in [4.78, 5) is 14.2. The van der Waals surface area contributed by atoms with E-state index in [0.29, 0.717) is 12.0 Å². The van der Waals surface area contributed by atoms with Crippen LogP contribution in [-0.2, 0) is 0 Å². The molecule has 2 aliphatic heterocycles. The number of rotatable bonds is 3. The van der Waals surface area contributed by atoms with Crippen LogP contribution < -0.4 is 10.6 Å². The van der Waals surface area contributed by atoms with E-state index in [4.69, 9.17) is 5.73 Å². The van der Waals surface area contributed by atoms with E-state index in [-0.39, 0.29) is 24.8 Å². The SMILES string of the molecule is Cl.Cl.NC1CC(c2cc(N3CCC(N4CCCCCC4)CC3)ncn2)C1. The molecule has 5 nitrogen and oxygen atoms in total. The van der Waals surface area contributed by atoms with Gasteiger partial charge in [0.2, 0.25) is 0 Å². The lowest BCUT2D eigenvalue weighted by molar-refractivity contribution is 0.175. The quantitative estimate of drug-likeness (QED) is 0.840. The molecule has 7 heteroatoms. The summed E-state index contributed by atoms with van der Waals surface area (Å²) in [7, 11) is 0. The Morgan fingerprint density at radius 1 is 0.885 bits per heavy atom. The minimum atomic E-state index is 0. The lowest BCUT2D eigenvalue weighted by Crippen LogP contribution is -2.45. The zero-order valence-electron chi connectivity index (χ0n) is 15.6. The molecule has 0 amide bonds. The second kappa shape index (κ2) is 10.1. The standard InChI is InChI=1S/C19H31N5.2ClH/c20-16-11-15(12-16)18-13-19(22-14-21-18)24-9-5-17(6-10-24)23-7-3-1-2-4-8-23;;/h13-17H,1-12,20H2;2*1H. The van der Waals surface area contributed by atoms with Gasteiger partial charge in [-0.3, -0.25) is 0 Å². The Morgan fingerprint density at radius 2 is 1.54 bits per heavy atom. The van der Waals surface area contributed by atoms with Gasteiger partial charge in [-0.25, -0.2) is 9.97 Å². The smallest absolute Gasteiger partial charge is 0.132 e. The van der Waals surface area contributed by atoms with Crippen LogP contribution >= 0.6 is 24.8 Å². The Balaban J connectivity index is 0.00000121. The van der Waals surface area contributed by atoms with Crippen LogP contribution in [0.2, 0.25) is 0 Å². The van der Waals surface area contributed by atoms with Gasteiger partial charge in [-0.2, -0.15) is 0 Å². The Labute approximate surface area is 169 Å². The predicted octanol–water partition coefficient (Wildman–Crippen LogP) is 3.37. The highest BCUT2D eigenvalue weighted by Crippen LogP contribution is 2.35. The summed E-state index contributed by atoms with van der Waals surface area (Å²) in [6.45, 7) is 4.87. The van der Waals surface area contributed by atoms with Gasteiger partial charge < -0.3 is 15.5 Å². The summed E-state index contributed by atoms with van der Waals surface area (Å²) in [6.07, 6.45) is 12.1. The fourth-order valence-electron chi connectivity index (χ4n) is 4.58. The molecule has 3 aliphatic rings. The maximum atomic E-state index is 5.93. The van der Waals surface area contributed by atoms with Crippen molar-refractivity contribution in [2.75, 3.05) is 31.1 Å². The van der Waals surface area contributed by atoms with Crippen molar-refractivity contribution in [3.63, 3.8) is 0 Å². The lowest BCUT2D eigenvalue weighted by atomic mass is 9.78. The van der Waals surface area contributed by atoms with Crippen molar-refractivity contribution < 1.29 is 0 Å². The Bertz CT molecular complexity index is 536. The highest BCUT2D eigenvalue weighted by atomic mass is 35.5. The Hall–Kier alpha value is -0.620. The first-order valence-electron chi connectivity index (χ1n) is 9.86. The number of likely N-dealkylation sites (tertiary alicyclic amines) is 1. The van der Waals surface area contributed by atoms with Crippen LogP contribution in [0.15, 0.2) is 12.4 Å². The maximum absolute atomic E-state index is 5.93. The van der Waals surface area contributed by atoms with E-state index >= 15 is 0 Å². The van der Waals surface area contributed by atoms with Crippen LogP contribution in [0.1, 0.15) is 63.0 Å². The maximum Gasteiger partial charge on any atom is 0.132 e. The van der Waals surface area contributed by atoms with Gasteiger partial charge in [0.15, 0.2) is 0 Å². The fraction of sp³-hybridized carbons (Fsp3) is 0.789. The Morgan fingerprint density at radius 3 is 2.15 bits per heavy atom. The molecule has 3 fully saturated rings. The van der Waals surface area contributed by atoms with Crippen LogP contribution in [0, 0.1) is 0 Å². The van der Waals surface area contributed by atoms with Gasteiger partial charge in [0.05, 0.1) is 0 Å². The molecule has 2 saturated heterocycles. The predicted molar refractivity (Wildman–Crippen MR) is 112 cm³/mol. The number of piperidine rings is 1. The molecule has 0 spiro atoms. The molecule has 26 heavy (non-hydrogen) atoms. The van der Waals surface area contributed by atoms with E-state index in [1.165, 1.54) is 57.3 Å². The second-order valence-electron chi connectivity index (χ2n) is 7.90. The Kier molecular flexibility index (Phi) is 8.40. The summed E-state index contributed by atoms with van der Waals surface area (Å²) in [5.74, 6) is 1.67. The van der Waals surface area contributed by atoms with Crippen LogP contribution in [0.5, 0.6) is 0 Å². The second-order valence-corrected chi connectivity index (χ2v) is 7.90. The van der Waals surface area contributed by atoms with Gasteiger partial charge in [0, 0.05) is 42.9 Å². The van der Waals surface area contributed by atoms with E-state index in [9.17, 15) is 0 Å². The third-order valence-electron chi connectivity index (χ3n) is 6.21. The van der Waals surface area contributed by atoms with E-state index in [0.717, 1.165) is 37.8 Å². The van der Waals surface area contributed by atoms with Crippen molar-refractivity contribution in [1.82, 2.24) is 14.9 Å². The molecule has 148 valence electrons. The molecule has 3 heterocycles. The van der Waals surface area contributed by atoms with Crippen molar-refractivity contribution in [3.05, 3.63) is 18.1 Å². The van der Waals surface area contributed by atoms with Gasteiger partial charge in [0.1, 0.15) is 12.1 Å². The van der Waals surface area contributed by atoms with Gasteiger partial charge >= 0.3 is 0 Å². The van der Waals surface area contributed by atoms with Gasteiger partial charge in [0.25, 0.3) is 0 Å². The molecule has 0 bridgehead atoms. The van der Waals surface area contributed by atoms with Crippen molar-refractivity contribution >= 4 is 30.6 Å². The van der Waals surface area contributed by atoms with Crippen molar-refractivity contribution in [1.29, 1.82) is 0 Å². The molecule has 1 aromatic heterocycles. The van der Waals surface area contributed by atoms with Crippen LogP contribution in [0.4, 0.5) is 5.82 Å². The number of nitrogens with zero attached hydrogens (tertiary/aromatic N) is 4. The summed E-state index contributed by atoms with van der Waals surface area (Å²) in [5.41, 5.74) is 7.12. The molecule has 0 aromatic carbocycles. The molecule has 2 N–H and O–H groups in total. The van der Waals surface area contributed by atoms with Gasteiger partial charge in [-0.05, 0) is 51.6 Å². The summed E-state index contributed by atoms with van der Waals surface area (Å²) >= 11 is 0. The highest BCUT2D eigenvalue weighted by molar-refractivity contribution is 5.85. The zero-order valence-corrected chi connectivity index (χ0v) is 17.2. The molecule has 1 aliphatic carbocycles. The fourth-order valence-corrected chi connectivity index (χ4v) is 4.58. The molecular formula is C19H33Cl2N5. The average Bonchev–Trinajstić information content (AvgIpc) is 2.89. The first kappa shape index (κ1) is 21.7. The lowest BCUT2D eigenvalue weighted by Gasteiger charge is -2.39. The number of anilines is 1. The number of hydrogen-bond donors (Lipinski definition) is 1. The number of halogens is 2. The van der Waals surface area contributed by atoms with Crippen molar-refractivity contribution in [3.8, 4) is 0 Å². The van der Waals surface area contributed by atoms with E-state index in [1.54, 1.807) is 6.33 Å². The van der Waals surface area contributed by atoms with Crippen LogP contribution in [0.25, 0.3) is 0 Å². The van der Waals surface area contributed by atoms with Crippen molar-refractivity contribution in [2.45, 2.75) is 69.4 Å². The van der Waals surface area contributed by atoms with Crippen molar-refractivity contribution in [2.24, 2.45) is 5.73 Å². The third kappa shape index (κ3) is 5.00. The zero-order chi connectivity index (χ0) is 16.4. The van der Waals surface area contributed by atoms with E-state index in [1.807, 2.05) is 0 Å². The molecular weight excluding hydrogens is 369 g/mol. The van der Waals surface area contributed by atoms with E-state index < -0.39 is 0 Å². The first-order chi connectivity index (χ1) is 11.8. The monoisotopic (exact) mass is 401 g/mol. The number of aromatic nitrogens is 2. The molecule has 1 aromatic rings.